The molecule has 0 rings (SSSR count). The minimum atomic E-state index is -0.996. The van der Waals surface area contributed by atoms with E-state index < -0.39 is 12.0 Å². The summed E-state index contributed by atoms with van der Waals surface area (Å²) in [6, 6.07) is -0.817. The van der Waals surface area contributed by atoms with E-state index in [2.05, 4.69) is 5.32 Å². The van der Waals surface area contributed by atoms with Gasteiger partial charge in [-0.05, 0) is 18.4 Å². The van der Waals surface area contributed by atoms with E-state index in [1.165, 1.54) is 0 Å². The molecule has 0 aromatic rings. The van der Waals surface area contributed by atoms with E-state index in [9.17, 15) is 9.59 Å². The molecule has 16 heavy (non-hydrogen) atoms. The molecule has 0 aromatic heterocycles. The van der Waals surface area contributed by atoms with Crippen molar-refractivity contribution in [2.75, 3.05) is 6.54 Å². The maximum Gasteiger partial charge on any atom is 0.326 e. The van der Waals surface area contributed by atoms with Gasteiger partial charge in [0.1, 0.15) is 6.04 Å². The number of amides is 1. The summed E-state index contributed by atoms with van der Waals surface area (Å²) < 4.78 is 0. The van der Waals surface area contributed by atoms with Gasteiger partial charge >= 0.3 is 5.97 Å². The Morgan fingerprint density at radius 3 is 2.25 bits per heavy atom. The van der Waals surface area contributed by atoms with Gasteiger partial charge in [0.2, 0.25) is 5.91 Å². The van der Waals surface area contributed by atoms with E-state index >= 15 is 0 Å². The first-order valence-electron chi connectivity index (χ1n) is 5.64. The molecule has 0 radical (unpaired) electrons. The molecule has 0 aliphatic heterocycles. The van der Waals surface area contributed by atoms with Gasteiger partial charge in [-0.2, -0.15) is 0 Å². The van der Waals surface area contributed by atoms with Crippen molar-refractivity contribution in [2.45, 2.75) is 39.7 Å². The molecular formula is C11H22N2O3. The SMILES string of the molecule is CCC(CN)CC(=O)N[C@H](C(=O)O)C(C)C. The van der Waals surface area contributed by atoms with Crippen molar-refractivity contribution < 1.29 is 14.7 Å². The van der Waals surface area contributed by atoms with Gasteiger partial charge in [-0.25, -0.2) is 4.79 Å². The van der Waals surface area contributed by atoms with Crippen molar-refractivity contribution in [3.05, 3.63) is 0 Å². The van der Waals surface area contributed by atoms with Crippen LogP contribution in [0, 0.1) is 11.8 Å². The lowest BCUT2D eigenvalue weighted by atomic mass is 10.0. The average molecular weight is 230 g/mol. The Morgan fingerprint density at radius 2 is 1.94 bits per heavy atom. The molecule has 0 aromatic carbocycles. The largest absolute Gasteiger partial charge is 0.480 e. The number of carboxylic acids is 1. The molecule has 1 amide bonds. The van der Waals surface area contributed by atoms with Gasteiger partial charge in [-0.1, -0.05) is 27.2 Å². The Labute approximate surface area is 96.4 Å². The maximum absolute atomic E-state index is 11.6. The summed E-state index contributed by atoms with van der Waals surface area (Å²) in [6.07, 6.45) is 1.12. The van der Waals surface area contributed by atoms with Crippen molar-refractivity contribution in [1.82, 2.24) is 5.32 Å². The van der Waals surface area contributed by atoms with Crippen LogP contribution in [-0.4, -0.2) is 29.6 Å². The summed E-state index contributed by atoms with van der Waals surface area (Å²) in [5.74, 6) is -1.23. The molecule has 94 valence electrons. The maximum atomic E-state index is 11.6. The molecule has 5 nitrogen and oxygen atoms in total. The van der Waals surface area contributed by atoms with Crippen LogP contribution >= 0.6 is 0 Å². The molecule has 0 saturated carbocycles. The summed E-state index contributed by atoms with van der Waals surface area (Å²) in [7, 11) is 0. The van der Waals surface area contributed by atoms with Crippen LogP contribution in [-0.2, 0) is 9.59 Å². The number of hydrogen-bond donors (Lipinski definition) is 3. The highest BCUT2D eigenvalue weighted by Gasteiger charge is 2.24. The van der Waals surface area contributed by atoms with Gasteiger partial charge in [-0.3, -0.25) is 4.79 Å². The first-order chi connectivity index (χ1) is 7.42. The van der Waals surface area contributed by atoms with Gasteiger partial charge in [0.15, 0.2) is 0 Å². The highest BCUT2D eigenvalue weighted by molar-refractivity contribution is 5.83. The number of aliphatic carboxylic acids is 1. The smallest absolute Gasteiger partial charge is 0.326 e. The van der Waals surface area contributed by atoms with Crippen LogP contribution < -0.4 is 11.1 Å². The Morgan fingerprint density at radius 1 is 1.38 bits per heavy atom. The fourth-order valence-electron chi connectivity index (χ4n) is 1.40. The van der Waals surface area contributed by atoms with Gasteiger partial charge in [0.25, 0.3) is 0 Å². The van der Waals surface area contributed by atoms with Crippen LogP contribution in [0.15, 0.2) is 0 Å². The van der Waals surface area contributed by atoms with Crippen molar-refractivity contribution >= 4 is 11.9 Å². The van der Waals surface area contributed by atoms with Crippen LogP contribution in [0.4, 0.5) is 0 Å². The van der Waals surface area contributed by atoms with E-state index in [0.717, 1.165) is 6.42 Å². The van der Waals surface area contributed by atoms with Crippen LogP contribution in [0.2, 0.25) is 0 Å². The Hall–Kier alpha value is -1.10. The molecule has 5 heteroatoms. The molecule has 0 fully saturated rings. The number of nitrogens with one attached hydrogen (secondary N) is 1. The highest BCUT2D eigenvalue weighted by Crippen LogP contribution is 2.07. The van der Waals surface area contributed by atoms with E-state index in [1.54, 1.807) is 13.8 Å². The summed E-state index contributed by atoms with van der Waals surface area (Å²) in [5, 5.41) is 11.4. The predicted molar refractivity (Wildman–Crippen MR) is 61.9 cm³/mol. The predicted octanol–water partition coefficient (Wildman–Crippen LogP) is 0.587. The molecule has 0 bridgehead atoms. The molecule has 0 saturated heterocycles. The highest BCUT2D eigenvalue weighted by atomic mass is 16.4. The molecule has 0 heterocycles. The van der Waals surface area contributed by atoms with Crippen molar-refractivity contribution in [2.24, 2.45) is 17.6 Å². The summed E-state index contributed by atoms with van der Waals surface area (Å²) in [4.78, 5) is 22.4. The lowest BCUT2D eigenvalue weighted by molar-refractivity contribution is -0.143. The van der Waals surface area contributed by atoms with Crippen LogP contribution in [0.25, 0.3) is 0 Å². The second-order valence-corrected chi connectivity index (χ2v) is 4.34. The molecule has 0 aliphatic rings. The fourth-order valence-corrected chi connectivity index (χ4v) is 1.40. The second kappa shape index (κ2) is 7.22. The standard InChI is InChI=1S/C11H22N2O3/c1-4-8(6-12)5-9(14)13-10(7(2)3)11(15)16/h7-8,10H,4-6,12H2,1-3H3,(H,13,14)(H,15,16)/t8?,10-/m0/s1. The summed E-state index contributed by atoms with van der Waals surface area (Å²) in [6.45, 7) is 5.93. The second-order valence-electron chi connectivity index (χ2n) is 4.34. The Kier molecular flexibility index (Phi) is 6.72. The number of rotatable bonds is 7. The van der Waals surface area contributed by atoms with E-state index in [4.69, 9.17) is 10.8 Å². The van der Waals surface area contributed by atoms with Gasteiger partial charge in [0.05, 0.1) is 0 Å². The summed E-state index contributed by atoms with van der Waals surface area (Å²) in [5.41, 5.74) is 5.49. The van der Waals surface area contributed by atoms with E-state index in [-0.39, 0.29) is 17.7 Å². The van der Waals surface area contributed by atoms with Crippen molar-refractivity contribution in [1.29, 1.82) is 0 Å². The lowest BCUT2D eigenvalue weighted by Gasteiger charge is -2.19. The third-order valence-corrected chi connectivity index (χ3v) is 2.63. The number of hydrogen-bond acceptors (Lipinski definition) is 3. The number of carboxylic acid groups (broad SMARTS) is 1. The van der Waals surface area contributed by atoms with E-state index in [0.29, 0.717) is 13.0 Å². The van der Waals surface area contributed by atoms with Crippen LogP contribution in [0.1, 0.15) is 33.6 Å². The monoisotopic (exact) mass is 230 g/mol. The molecule has 4 N–H and O–H groups in total. The van der Waals surface area contributed by atoms with E-state index in [1.807, 2.05) is 6.92 Å². The van der Waals surface area contributed by atoms with Gasteiger partial charge in [-0.15, -0.1) is 0 Å². The number of nitrogens with two attached hydrogens (primary N) is 1. The molecular weight excluding hydrogens is 208 g/mol. The Balaban J connectivity index is 4.25. The average Bonchev–Trinajstić information content (AvgIpc) is 2.21. The topological polar surface area (TPSA) is 92.4 Å². The van der Waals surface area contributed by atoms with Crippen LogP contribution in [0.3, 0.4) is 0 Å². The third kappa shape index (κ3) is 5.11. The molecule has 1 unspecified atom stereocenters. The number of carbonyl (C=O) groups excluding carboxylic acids is 1. The zero-order valence-corrected chi connectivity index (χ0v) is 10.2. The zero-order chi connectivity index (χ0) is 12.7. The van der Waals surface area contributed by atoms with Gasteiger partial charge in [0, 0.05) is 6.42 Å². The first-order valence-corrected chi connectivity index (χ1v) is 5.64. The van der Waals surface area contributed by atoms with Gasteiger partial charge < -0.3 is 16.2 Å². The normalized spacial score (nSPS) is 14.6. The van der Waals surface area contributed by atoms with Crippen molar-refractivity contribution in [3.8, 4) is 0 Å². The number of carbonyl (C=O) groups is 2. The minimum absolute atomic E-state index is 0.126. The Bertz CT molecular complexity index is 237. The lowest BCUT2D eigenvalue weighted by Crippen LogP contribution is -2.45. The van der Waals surface area contributed by atoms with Crippen LogP contribution in [0.5, 0.6) is 0 Å². The molecule has 2 atom stereocenters. The quantitative estimate of drug-likeness (QED) is 0.596. The fraction of sp³-hybridized carbons (Fsp3) is 0.818. The first kappa shape index (κ1) is 14.9. The van der Waals surface area contributed by atoms with Crippen molar-refractivity contribution in [3.63, 3.8) is 0 Å². The molecule has 0 aliphatic carbocycles. The summed E-state index contributed by atoms with van der Waals surface area (Å²) >= 11 is 0. The molecule has 0 spiro atoms. The third-order valence-electron chi connectivity index (χ3n) is 2.63. The minimum Gasteiger partial charge on any atom is -0.480 e. The zero-order valence-electron chi connectivity index (χ0n) is 10.2.